The van der Waals surface area contributed by atoms with Crippen molar-refractivity contribution in [3.05, 3.63) is 23.3 Å². The second-order valence-electron chi connectivity index (χ2n) is 2.84. The van der Waals surface area contributed by atoms with Crippen LogP contribution in [-0.2, 0) is 0 Å². The Morgan fingerprint density at radius 2 is 1.73 bits per heavy atom. The number of ketones is 1. The minimum Gasteiger partial charge on any atom is -0.492 e. The first-order valence-corrected chi connectivity index (χ1v) is 4.13. The van der Waals surface area contributed by atoms with Gasteiger partial charge in [0.15, 0.2) is 17.3 Å². The topological polar surface area (TPSA) is 35.5 Å². The quantitative estimate of drug-likeness (QED) is 0.726. The number of carbonyl (C=O) groups is 1. The van der Waals surface area contributed by atoms with Crippen LogP contribution in [0.1, 0.15) is 17.3 Å². The zero-order valence-corrected chi connectivity index (χ0v) is 8.56. The number of carbonyl (C=O) groups excluding carboxylic acids is 1. The van der Waals surface area contributed by atoms with Gasteiger partial charge < -0.3 is 9.47 Å². The Morgan fingerprint density at radius 3 is 2.13 bits per heavy atom. The zero-order valence-electron chi connectivity index (χ0n) is 8.56. The monoisotopic (exact) mass is 216 g/mol. The van der Waals surface area contributed by atoms with Crippen molar-refractivity contribution in [2.24, 2.45) is 0 Å². The first-order chi connectivity index (χ1) is 7.02. The van der Waals surface area contributed by atoms with Gasteiger partial charge in [0.05, 0.1) is 19.8 Å². The van der Waals surface area contributed by atoms with Crippen LogP contribution in [0, 0.1) is 11.6 Å². The molecule has 0 aromatic heterocycles. The van der Waals surface area contributed by atoms with E-state index in [-0.39, 0.29) is 11.3 Å². The molecule has 0 saturated heterocycles. The Bertz CT molecular complexity index is 402. The van der Waals surface area contributed by atoms with Crippen molar-refractivity contribution in [3.8, 4) is 11.5 Å². The summed E-state index contributed by atoms with van der Waals surface area (Å²) in [5.41, 5.74) is -0.0479. The Labute approximate surface area is 85.6 Å². The molecule has 0 radical (unpaired) electrons. The van der Waals surface area contributed by atoms with Gasteiger partial charge in [-0.05, 0) is 13.0 Å². The van der Waals surface area contributed by atoms with E-state index in [9.17, 15) is 13.6 Å². The van der Waals surface area contributed by atoms with Gasteiger partial charge in [0.1, 0.15) is 0 Å². The summed E-state index contributed by atoms with van der Waals surface area (Å²) < 4.78 is 35.7. The van der Waals surface area contributed by atoms with Gasteiger partial charge in [0.2, 0.25) is 11.6 Å². The molecule has 1 aromatic carbocycles. The summed E-state index contributed by atoms with van der Waals surface area (Å²) in [5, 5.41) is 0. The standard InChI is InChI=1S/C10H10F2O3/c1-5(13)6-4-7(11)8(12)10(15-3)9(6)14-2/h4H,1-3H3. The minimum atomic E-state index is -1.17. The molecule has 0 aliphatic heterocycles. The molecular formula is C10H10F2O3. The Kier molecular flexibility index (Phi) is 3.24. The molecular weight excluding hydrogens is 206 g/mol. The van der Waals surface area contributed by atoms with Crippen molar-refractivity contribution in [2.75, 3.05) is 14.2 Å². The molecule has 0 fully saturated rings. The van der Waals surface area contributed by atoms with Gasteiger partial charge in [-0.3, -0.25) is 4.79 Å². The highest BCUT2D eigenvalue weighted by molar-refractivity contribution is 5.97. The number of rotatable bonds is 3. The predicted molar refractivity (Wildman–Crippen MR) is 49.5 cm³/mol. The van der Waals surface area contributed by atoms with E-state index in [0.717, 1.165) is 6.07 Å². The third-order valence-corrected chi connectivity index (χ3v) is 1.92. The smallest absolute Gasteiger partial charge is 0.204 e. The lowest BCUT2D eigenvalue weighted by atomic mass is 10.1. The molecule has 0 aliphatic rings. The lowest BCUT2D eigenvalue weighted by molar-refractivity contribution is 0.101. The van der Waals surface area contributed by atoms with E-state index in [1.54, 1.807) is 0 Å². The summed E-state index contributed by atoms with van der Waals surface area (Å²) in [6.07, 6.45) is 0. The van der Waals surface area contributed by atoms with Crippen LogP contribution in [0.3, 0.4) is 0 Å². The van der Waals surface area contributed by atoms with Gasteiger partial charge in [-0.1, -0.05) is 0 Å². The number of Topliss-reactive ketones (excluding diaryl/α,β-unsaturated/α-hetero) is 1. The number of hydrogen-bond donors (Lipinski definition) is 0. The maximum atomic E-state index is 13.2. The highest BCUT2D eigenvalue weighted by atomic mass is 19.2. The highest BCUT2D eigenvalue weighted by Gasteiger charge is 2.22. The van der Waals surface area contributed by atoms with Crippen LogP contribution in [0.15, 0.2) is 6.07 Å². The second-order valence-corrected chi connectivity index (χ2v) is 2.84. The fourth-order valence-electron chi connectivity index (χ4n) is 1.23. The van der Waals surface area contributed by atoms with E-state index in [1.807, 2.05) is 0 Å². The number of halogens is 2. The molecule has 82 valence electrons. The molecule has 0 aliphatic carbocycles. The van der Waals surface area contributed by atoms with Crippen LogP contribution in [0.2, 0.25) is 0 Å². The summed E-state index contributed by atoms with van der Waals surface area (Å²) >= 11 is 0. The van der Waals surface area contributed by atoms with E-state index < -0.39 is 23.2 Å². The first kappa shape index (κ1) is 11.4. The fraction of sp³-hybridized carbons (Fsp3) is 0.300. The molecule has 15 heavy (non-hydrogen) atoms. The van der Waals surface area contributed by atoms with E-state index in [1.165, 1.54) is 21.1 Å². The maximum Gasteiger partial charge on any atom is 0.204 e. The largest absolute Gasteiger partial charge is 0.492 e. The molecule has 0 spiro atoms. The number of benzene rings is 1. The van der Waals surface area contributed by atoms with Crippen LogP contribution in [-0.4, -0.2) is 20.0 Å². The fourth-order valence-corrected chi connectivity index (χ4v) is 1.23. The van der Waals surface area contributed by atoms with Crippen molar-refractivity contribution in [1.82, 2.24) is 0 Å². The van der Waals surface area contributed by atoms with Gasteiger partial charge in [-0.2, -0.15) is 4.39 Å². The van der Waals surface area contributed by atoms with Crippen molar-refractivity contribution >= 4 is 5.78 Å². The molecule has 0 amide bonds. The molecule has 5 heteroatoms. The van der Waals surface area contributed by atoms with E-state index in [4.69, 9.17) is 4.74 Å². The second kappa shape index (κ2) is 4.25. The van der Waals surface area contributed by atoms with Crippen molar-refractivity contribution in [1.29, 1.82) is 0 Å². The van der Waals surface area contributed by atoms with E-state index in [0.29, 0.717) is 0 Å². The molecule has 0 heterocycles. The summed E-state index contributed by atoms with van der Waals surface area (Å²) in [4.78, 5) is 11.1. The van der Waals surface area contributed by atoms with Crippen molar-refractivity contribution in [3.63, 3.8) is 0 Å². The van der Waals surface area contributed by atoms with E-state index in [2.05, 4.69) is 4.74 Å². The maximum absolute atomic E-state index is 13.2. The SMILES string of the molecule is COc1c(C(C)=O)cc(F)c(F)c1OC. The number of methoxy groups -OCH3 is 2. The molecule has 0 atom stereocenters. The number of hydrogen-bond acceptors (Lipinski definition) is 3. The predicted octanol–water partition coefficient (Wildman–Crippen LogP) is 2.18. The molecule has 3 nitrogen and oxygen atoms in total. The Morgan fingerprint density at radius 1 is 1.20 bits per heavy atom. The zero-order chi connectivity index (χ0) is 11.6. The molecule has 1 rings (SSSR count). The third-order valence-electron chi connectivity index (χ3n) is 1.92. The number of ether oxygens (including phenoxy) is 2. The van der Waals surface area contributed by atoms with Crippen LogP contribution < -0.4 is 9.47 Å². The minimum absolute atomic E-state index is 0.0479. The van der Waals surface area contributed by atoms with Gasteiger partial charge in [0.25, 0.3) is 0 Å². The van der Waals surface area contributed by atoms with Crippen molar-refractivity contribution in [2.45, 2.75) is 6.92 Å². The van der Waals surface area contributed by atoms with Crippen LogP contribution in [0.4, 0.5) is 8.78 Å². The first-order valence-electron chi connectivity index (χ1n) is 4.13. The van der Waals surface area contributed by atoms with Gasteiger partial charge >= 0.3 is 0 Å². The lowest BCUT2D eigenvalue weighted by Crippen LogP contribution is -2.04. The van der Waals surface area contributed by atoms with Gasteiger partial charge in [-0.15, -0.1) is 0 Å². The summed E-state index contributed by atoms with van der Waals surface area (Å²) in [5.74, 6) is -3.23. The molecule has 0 unspecified atom stereocenters. The summed E-state index contributed by atoms with van der Waals surface area (Å²) in [7, 11) is 2.42. The van der Waals surface area contributed by atoms with Crippen LogP contribution in [0.25, 0.3) is 0 Å². The Balaban J connectivity index is 3.54. The summed E-state index contributed by atoms with van der Waals surface area (Å²) in [6, 6.07) is 0.791. The molecule has 0 bridgehead atoms. The van der Waals surface area contributed by atoms with Crippen LogP contribution >= 0.6 is 0 Å². The highest BCUT2D eigenvalue weighted by Crippen LogP contribution is 2.35. The average Bonchev–Trinajstić information content (AvgIpc) is 2.20. The Hall–Kier alpha value is -1.65. The van der Waals surface area contributed by atoms with E-state index >= 15 is 0 Å². The summed E-state index contributed by atoms with van der Waals surface area (Å²) in [6.45, 7) is 1.23. The van der Waals surface area contributed by atoms with Crippen LogP contribution in [0.5, 0.6) is 11.5 Å². The van der Waals surface area contributed by atoms with Crippen molar-refractivity contribution < 1.29 is 23.0 Å². The van der Waals surface area contributed by atoms with Gasteiger partial charge in [0, 0.05) is 0 Å². The lowest BCUT2D eigenvalue weighted by Gasteiger charge is -2.12. The molecule has 1 aromatic rings. The molecule has 0 N–H and O–H groups in total. The normalized spacial score (nSPS) is 9.93. The average molecular weight is 216 g/mol. The van der Waals surface area contributed by atoms with Gasteiger partial charge in [-0.25, -0.2) is 4.39 Å². The molecule has 0 saturated carbocycles. The third kappa shape index (κ3) is 1.91.